The standard InChI is InChI=1S/C18H15N5O5/c24-8-14-20-17(28-23-14)11-3-1-2-9(16(11)25)7-19-10-4-5-13-12(6-10)15(18(26)27)22-21-13/h1-6,19,24-25H,7-8H2,(H,21,22)(H,26,27). The number of benzene rings is 2. The minimum atomic E-state index is -1.12. The minimum Gasteiger partial charge on any atom is -0.507 e. The van der Waals surface area contributed by atoms with Crippen LogP contribution in [0, 0.1) is 0 Å². The quantitative estimate of drug-likeness (QED) is 0.337. The third-order valence-corrected chi connectivity index (χ3v) is 4.21. The highest BCUT2D eigenvalue weighted by molar-refractivity contribution is 6.01. The summed E-state index contributed by atoms with van der Waals surface area (Å²) in [5, 5.41) is 42.5. The highest BCUT2D eigenvalue weighted by Gasteiger charge is 2.16. The van der Waals surface area contributed by atoms with Crippen molar-refractivity contribution in [3.63, 3.8) is 0 Å². The molecule has 0 fully saturated rings. The first-order chi connectivity index (χ1) is 13.6. The number of aliphatic hydroxyl groups excluding tert-OH is 1. The molecule has 2 heterocycles. The van der Waals surface area contributed by atoms with Crippen LogP contribution in [0.4, 0.5) is 5.69 Å². The monoisotopic (exact) mass is 381 g/mol. The van der Waals surface area contributed by atoms with Gasteiger partial charge >= 0.3 is 5.97 Å². The predicted octanol–water partition coefficient (Wildman–Crippen LogP) is 2.12. The van der Waals surface area contributed by atoms with Crippen LogP contribution in [-0.4, -0.2) is 41.6 Å². The number of nitrogens with one attached hydrogen (secondary N) is 2. The Morgan fingerprint density at radius 3 is 2.86 bits per heavy atom. The number of hydrogen-bond acceptors (Lipinski definition) is 8. The second-order valence-corrected chi connectivity index (χ2v) is 5.98. The number of rotatable bonds is 6. The van der Waals surface area contributed by atoms with Crippen molar-refractivity contribution >= 4 is 22.6 Å². The Kier molecular flexibility index (Phi) is 4.38. The minimum absolute atomic E-state index is 0.0289. The van der Waals surface area contributed by atoms with E-state index in [9.17, 15) is 15.0 Å². The number of aromatic nitrogens is 4. The highest BCUT2D eigenvalue weighted by Crippen LogP contribution is 2.32. The fraction of sp³-hybridized carbons (Fsp3) is 0.111. The number of aromatic amines is 1. The maximum atomic E-state index is 11.2. The van der Waals surface area contributed by atoms with Crippen molar-refractivity contribution < 1.29 is 24.6 Å². The van der Waals surface area contributed by atoms with Gasteiger partial charge in [0.2, 0.25) is 0 Å². The number of aromatic carboxylic acids is 1. The summed E-state index contributed by atoms with van der Waals surface area (Å²) in [6.07, 6.45) is 0. The van der Waals surface area contributed by atoms with Gasteiger partial charge in [-0.05, 0) is 24.3 Å². The third-order valence-electron chi connectivity index (χ3n) is 4.21. The fourth-order valence-electron chi connectivity index (χ4n) is 2.82. The number of hydrogen-bond donors (Lipinski definition) is 5. The predicted molar refractivity (Wildman–Crippen MR) is 97.7 cm³/mol. The normalized spacial score (nSPS) is 11.0. The van der Waals surface area contributed by atoms with Crippen molar-refractivity contribution in [3.05, 3.63) is 53.5 Å². The van der Waals surface area contributed by atoms with Gasteiger partial charge in [-0.25, -0.2) is 4.79 Å². The largest absolute Gasteiger partial charge is 0.507 e. The van der Waals surface area contributed by atoms with Gasteiger partial charge in [0, 0.05) is 23.2 Å². The lowest BCUT2D eigenvalue weighted by Gasteiger charge is -2.10. The molecule has 0 aliphatic rings. The van der Waals surface area contributed by atoms with E-state index < -0.39 is 5.97 Å². The van der Waals surface area contributed by atoms with Crippen LogP contribution < -0.4 is 5.32 Å². The molecular formula is C18H15N5O5. The lowest BCUT2D eigenvalue weighted by Crippen LogP contribution is -2.01. The van der Waals surface area contributed by atoms with Gasteiger partial charge < -0.3 is 25.2 Å². The molecule has 4 aromatic rings. The number of nitrogens with zero attached hydrogens (tertiary/aromatic N) is 3. The van der Waals surface area contributed by atoms with Gasteiger partial charge in [-0.3, -0.25) is 5.10 Å². The smallest absolute Gasteiger partial charge is 0.357 e. The van der Waals surface area contributed by atoms with Crippen LogP contribution >= 0.6 is 0 Å². The molecule has 0 amide bonds. The van der Waals surface area contributed by atoms with Crippen LogP contribution in [0.25, 0.3) is 22.4 Å². The van der Waals surface area contributed by atoms with E-state index in [1.54, 1.807) is 36.4 Å². The van der Waals surface area contributed by atoms with Crippen LogP contribution in [0.3, 0.4) is 0 Å². The average molecular weight is 381 g/mol. The molecule has 10 nitrogen and oxygen atoms in total. The molecule has 142 valence electrons. The van der Waals surface area contributed by atoms with E-state index >= 15 is 0 Å². The number of aliphatic hydroxyl groups is 1. The van der Waals surface area contributed by atoms with E-state index in [2.05, 4.69) is 25.7 Å². The molecule has 10 heteroatoms. The van der Waals surface area contributed by atoms with Gasteiger partial charge in [-0.1, -0.05) is 17.3 Å². The summed E-state index contributed by atoms with van der Waals surface area (Å²) in [6, 6.07) is 10.3. The highest BCUT2D eigenvalue weighted by atomic mass is 16.5. The van der Waals surface area contributed by atoms with E-state index in [1.807, 2.05) is 0 Å². The van der Waals surface area contributed by atoms with Crippen LogP contribution in [0.1, 0.15) is 21.9 Å². The van der Waals surface area contributed by atoms with E-state index in [-0.39, 0.29) is 36.3 Å². The van der Waals surface area contributed by atoms with E-state index in [1.165, 1.54) is 0 Å². The van der Waals surface area contributed by atoms with E-state index in [0.29, 0.717) is 27.7 Å². The Morgan fingerprint density at radius 2 is 2.11 bits per heavy atom. The Labute approximate surface area is 157 Å². The number of carboxylic acids is 1. The molecule has 2 aromatic heterocycles. The van der Waals surface area contributed by atoms with Crippen molar-refractivity contribution in [1.29, 1.82) is 0 Å². The van der Waals surface area contributed by atoms with Crippen molar-refractivity contribution in [1.82, 2.24) is 20.3 Å². The van der Waals surface area contributed by atoms with Crippen LogP contribution in [0.2, 0.25) is 0 Å². The molecule has 0 saturated heterocycles. The molecule has 0 radical (unpaired) electrons. The number of H-pyrrole nitrogens is 1. The first-order valence-corrected chi connectivity index (χ1v) is 8.27. The zero-order valence-corrected chi connectivity index (χ0v) is 14.4. The Balaban J connectivity index is 1.58. The van der Waals surface area contributed by atoms with Gasteiger partial charge in [0.05, 0.1) is 11.1 Å². The second-order valence-electron chi connectivity index (χ2n) is 5.98. The molecule has 0 unspecified atom stereocenters. The van der Waals surface area contributed by atoms with Crippen LogP contribution in [0.15, 0.2) is 40.9 Å². The van der Waals surface area contributed by atoms with Gasteiger partial charge in [-0.2, -0.15) is 10.1 Å². The lowest BCUT2D eigenvalue weighted by atomic mass is 10.1. The Morgan fingerprint density at radius 1 is 1.25 bits per heavy atom. The molecule has 0 atom stereocenters. The van der Waals surface area contributed by atoms with Crippen molar-refractivity contribution in [2.75, 3.05) is 5.32 Å². The van der Waals surface area contributed by atoms with Crippen LogP contribution in [-0.2, 0) is 13.2 Å². The molecular weight excluding hydrogens is 366 g/mol. The summed E-state index contributed by atoms with van der Waals surface area (Å²) in [4.78, 5) is 15.2. The summed E-state index contributed by atoms with van der Waals surface area (Å²) in [7, 11) is 0. The number of anilines is 1. The Bertz CT molecular complexity index is 1170. The van der Waals surface area contributed by atoms with Gasteiger partial charge in [-0.15, -0.1) is 0 Å². The molecule has 28 heavy (non-hydrogen) atoms. The van der Waals surface area contributed by atoms with Crippen LogP contribution in [0.5, 0.6) is 5.75 Å². The number of fused-ring (bicyclic) bond motifs is 1. The van der Waals surface area contributed by atoms with Crippen molar-refractivity contribution in [2.45, 2.75) is 13.2 Å². The van der Waals surface area contributed by atoms with Gasteiger partial charge in [0.1, 0.15) is 12.4 Å². The van der Waals surface area contributed by atoms with Gasteiger partial charge in [0.25, 0.3) is 5.89 Å². The summed E-state index contributed by atoms with van der Waals surface area (Å²) < 4.78 is 5.05. The number of phenolic OH excluding ortho intramolecular Hbond substituents is 1. The summed E-state index contributed by atoms with van der Waals surface area (Å²) >= 11 is 0. The number of carbonyl (C=O) groups is 1. The summed E-state index contributed by atoms with van der Waals surface area (Å²) in [5.41, 5.74) is 2.15. The molecule has 5 N–H and O–H groups in total. The SMILES string of the molecule is O=C(O)c1n[nH]c2ccc(NCc3cccc(-c4nc(CO)no4)c3O)cc12. The van der Waals surface area contributed by atoms with Gasteiger partial charge in [0.15, 0.2) is 11.5 Å². The third kappa shape index (κ3) is 3.12. The first-order valence-electron chi connectivity index (χ1n) is 8.27. The molecule has 0 spiro atoms. The van der Waals surface area contributed by atoms with Crippen molar-refractivity contribution in [2.24, 2.45) is 0 Å². The second kappa shape index (κ2) is 7.00. The molecule has 0 bridgehead atoms. The topological polar surface area (TPSA) is 157 Å². The fourth-order valence-corrected chi connectivity index (χ4v) is 2.82. The summed E-state index contributed by atoms with van der Waals surface area (Å²) in [5.74, 6) is -0.913. The maximum Gasteiger partial charge on any atom is 0.357 e. The van der Waals surface area contributed by atoms with E-state index in [0.717, 1.165) is 0 Å². The Hall–Kier alpha value is -3.92. The number of aromatic hydroxyl groups is 1. The lowest BCUT2D eigenvalue weighted by molar-refractivity contribution is 0.0692. The first kappa shape index (κ1) is 17.5. The van der Waals surface area contributed by atoms with Crippen molar-refractivity contribution in [3.8, 4) is 17.2 Å². The molecule has 2 aromatic carbocycles. The number of para-hydroxylation sites is 1. The number of carboxylic acid groups (broad SMARTS) is 1. The summed E-state index contributed by atoms with van der Waals surface area (Å²) in [6.45, 7) is -0.0905. The number of phenols is 1. The molecule has 4 rings (SSSR count). The van der Waals surface area contributed by atoms with E-state index in [4.69, 9.17) is 9.63 Å². The average Bonchev–Trinajstić information content (AvgIpc) is 3.33. The maximum absolute atomic E-state index is 11.2. The molecule has 0 aliphatic carbocycles. The zero-order valence-electron chi connectivity index (χ0n) is 14.4. The molecule has 0 saturated carbocycles. The zero-order chi connectivity index (χ0) is 19.7. The molecule has 0 aliphatic heterocycles.